The molecule has 0 saturated heterocycles. The summed E-state index contributed by atoms with van der Waals surface area (Å²) in [5, 5.41) is 4.18. The Morgan fingerprint density at radius 3 is 2.52 bits per heavy atom. The number of aryl methyl sites for hydroxylation is 3. The van der Waals surface area contributed by atoms with Gasteiger partial charge in [-0.3, -0.25) is 4.79 Å². The van der Waals surface area contributed by atoms with Crippen molar-refractivity contribution in [2.45, 2.75) is 19.8 Å². The Hall–Kier alpha value is -2.75. The van der Waals surface area contributed by atoms with Crippen LogP contribution in [0.3, 0.4) is 0 Å². The molecule has 0 aliphatic heterocycles. The number of methoxy groups -OCH3 is 1. The number of hydrogen-bond acceptors (Lipinski definition) is 2. The van der Waals surface area contributed by atoms with E-state index in [4.69, 9.17) is 4.74 Å². The lowest BCUT2D eigenvalue weighted by Crippen LogP contribution is -2.27. The molecule has 0 spiro atoms. The standard InChI is InChI=1S/C21H24N2O2/c1-15-18-8-4-5-9-19(18)23(2)20(15)21(24)22-14-6-7-16-10-12-17(25-3)13-11-16/h4-5,8-13H,6-7,14H2,1-3H3,(H,22,24). The summed E-state index contributed by atoms with van der Waals surface area (Å²) >= 11 is 0. The minimum atomic E-state index is -0.00840. The number of carbonyl (C=O) groups excluding carboxylic acids is 1. The lowest BCUT2D eigenvalue weighted by Gasteiger charge is -2.08. The largest absolute Gasteiger partial charge is 0.497 e. The van der Waals surface area contributed by atoms with Crippen molar-refractivity contribution >= 4 is 16.8 Å². The highest BCUT2D eigenvalue weighted by atomic mass is 16.5. The molecule has 0 fully saturated rings. The number of rotatable bonds is 6. The van der Waals surface area contributed by atoms with Crippen molar-refractivity contribution in [2.24, 2.45) is 7.05 Å². The molecule has 2 aromatic carbocycles. The molecule has 0 saturated carbocycles. The third-order valence-corrected chi connectivity index (χ3v) is 4.66. The van der Waals surface area contributed by atoms with Crippen molar-refractivity contribution in [1.29, 1.82) is 0 Å². The average Bonchev–Trinajstić information content (AvgIpc) is 2.90. The molecular weight excluding hydrogens is 312 g/mol. The number of para-hydroxylation sites is 1. The molecule has 130 valence electrons. The number of nitrogens with one attached hydrogen (secondary N) is 1. The predicted octanol–water partition coefficient (Wildman–Crippen LogP) is 3.86. The van der Waals surface area contributed by atoms with Crippen LogP contribution in [0.5, 0.6) is 5.75 Å². The summed E-state index contributed by atoms with van der Waals surface area (Å²) in [4.78, 5) is 12.6. The lowest BCUT2D eigenvalue weighted by atomic mass is 10.1. The second kappa shape index (κ2) is 7.43. The Kier molecular flexibility index (Phi) is 5.08. The van der Waals surface area contributed by atoms with Gasteiger partial charge >= 0.3 is 0 Å². The van der Waals surface area contributed by atoms with Gasteiger partial charge in [0, 0.05) is 24.5 Å². The zero-order valence-corrected chi connectivity index (χ0v) is 15.0. The molecule has 0 aliphatic rings. The van der Waals surface area contributed by atoms with E-state index in [1.165, 1.54) is 5.56 Å². The van der Waals surface area contributed by atoms with E-state index in [-0.39, 0.29) is 5.91 Å². The molecule has 4 heteroatoms. The molecular formula is C21H24N2O2. The number of hydrogen-bond donors (Lipinski definition) is 1. The van der Waals surface area contributed by atoms with Crippen molar-refractivity contribution in [3.63, 3.8) is 0 Å². The topological polar surface area (TPSA) is 43.3 Å². The summed E-state index contributed by atoms with van der Waals surface area (Å²) < 4.78 is 7.14. The van der Waals surface area contributed by atoms with Gasteiger partial charge in [0.2, 0.25) is 0 Å². The normalized spacial score (nSPS) is 10.8. The Labute approximate surface area is 148 Å². The van der Waals surface area contributed by atoms with Crippen LogP contribution in [0, 0.1) is 6.92 Å². The van der Waals surface area contributed by atoms with Crippen LogP contribution in [-0.4, -0.2) is 24.1 Å². The summed E-state index contributed by atoms with van der Waals surface area (Å²) in [7, 11) is 3.61. The molecule has 1 aromatic heterocycles. The van der Waals surface area contributed by atoms with Gasteiger partial charge in [0.1, 0.15) is 11.4 Å². The minimum Gasteiger partial charge on any atom is -0.497 e. The Morgan fingerprint density at radius 2 is 1.84 bits per heavy atom. The fraction of sp³-hybridized carbons (Fsp3) is 0.286. The van der Waals surface area contributed by atoms with Crippen LogP contribution in [-0.2, 0) is 13.5 Å². The number of carbonyl (C=O) groups is 1. The molecule has 1 amide bonds. The van der Waals surface area contributed by atoms with Crippen LogP contribution >= 0.6 is 0 Å². The quantitative estimate of drug-likeness (QED) is 0.695. The first-order chi connectivity index (χ1) is 12.1. The molecule has 0 bridgehead atoms. The summed E-state index contributed by atoms with van der Waals surface area (Å²) in [5.74, 6) is 0.856. The molecule has 0 radical (unpaired) electrons. The highest BCUT2D eigenvalue weighted by Gasteiger charge is 2.17. The van der Waals surface area contributed by atoms with Gasteiger partial charge in [0.15, 0.2) is 0 Å². The number of nitrogens with zero attached hydrogens (tertiary/aromatic N) is 1. The number of benzene rings is 2. The van der Waals surface area contributed by atoms with Crippen LogP contribution < -0.4 is 10.1 Å². The van der Waals surface area contributed by atoms with E-state index in [0.717, 1.165) is 40.8 Å². The summed E-state index contributed by atoms with van der Waals surface area (Å²) in [5.41, 5.74) is 4.11. The predicted molar refractivity (Wildman–Crippen MR) is 101 cm³/mol. The van der Waals surface area contributed by atoms with E-state index in [9.17, 15) is 4.79 Å². The maximum Gasteiger partial charge on any atom is 0.268 e. The van der Waals surface area contributed by atoms with Gasteiger partial charge < -0.3 is 14.6 Å². The van der Waals surface area contributed by atoms with E-state index >= 15 is 0 Å². The zero-order chi connectivity index (χ0) is 17.8. The van der Waals surface area contributed by atoms with Crippen molar-refractivity contribution < 1.29 is 9.53 Å². The van der Waals surface area contributed by atoms with Crippen molar-refractivity contribution in [3.8, 4) is 5.75 Å². The van der Waals surface area contributed by atoms with Gasteiger partial charge in [0.05, 0.1) is 7.11 Å². The Bertz CT molecular complexity index is 840. The molecule has 0 aliphatic carbocycles. The molecule has 3 rings (SSSR count). The molecule has 25 heavy (non-hydrogen) atoms. The van der Waals surface area contributed by atoms with Crippen molar-refractivity contribution in [3.05, 3.63) is 65.4 Å². The van der Waals surface area contributed by atoms with E-state index in [1.807, 2.05) is 48.9 Å². The zero-order valence-electron chi connectivity index (χ0n) is 15.0. The van der Waals surface area contributed by atoms with Gasteiger partial charge in [-0.25, -0.2) is 0 Å². The Morgan fingerprint density at radius 1 is 1.12 bits per heavy atom. The molecule has 4 nitrogen and oxygen atoms in total. The fourth-order valence-electron chi connectivity index (χ4n) is 3.28. The molecule has 0 atom stereocenters. The molecule has 0 unspecified atom stereocenters. The van der Waals surface area contributed by atoms with Crippen molar-refractivity contribution in [1.82, 2.24) is 9.88 Å². The van der Waals surface area contributed by atoms with Crippen LogP contribution in [0.1, 0.15) is 28.0 Å². The first kappa shape index (κ1) is 17.1. The summed E-state index contributed by atoms with van der Waals surface area (Å²) in [6.45, 7) is 2.67. The second-order valence-corrected chi connectivity index (χ2v) is 6.26. The summed E-state index contributed by atoms with van der Waals surface area (Å²) in [6.07, 6.45) is 1.83. The van der Waals surface area contributed by atoms with Gasteiger partial charge in [-0.15, -0.1) is 0 Å². The average molecular weight is 336 g/mol. The first-order valence-corrected chi connectivity index (χ1v) is 8.57. The van der Waals surface area contributed by atoms with Gasteiger partial charge in [-0.1, -0.05) is 30.3 Å². The monoisotopic (exact) mass is 336 g/mol. The maximum absolute atomic E-state index is 12.6. The van der Waals surface area contributed by atoms with Gasteiger partial charge in [0.25, 0.3) is 5.91 Å². The number of amides is 1. The maximum atomic E-state index is 12.6. The minimum absolute atomic E-state index is 0.00840. The van der Waals surface area contributed by atoms with Crippen LogP contribution in [0.25, 0.3) is 10.9 Å². The van der Waals surface area contributed by atoms with E-state index < -0.39 is 0 Å². The van der Waals surface area contributed by atoms with Crippen molar-refractivity contribution in [2.75, 3.05) is 13.7 Å². The molecule has 1 heterocycles. The lowest BCUT2D eigenvalue weighted by molar-refractivity contribution is 0.0945. The second-order valence-electron chi connectivity index (χ2n) is 6.26. The number of ether oxygens (including phenoxy) is 1. The summed E-state index contributed by atoms with van der Waals surface area (Å²) in [6, 6.07) is 16.2. The third-order valence-electron chi connectivity index (χ3n) is 4.66. The van der Waals surface area contributed by atoms with E-state index in [1.54, 1.807) is 7.11 Å². The molecule has 3 aromatic rings. The SMILES string of the molecule is COc1ccc(CCCNC(=O)c2c(C)c3ccccc3n2C)cc1. The Balaban J connectivity index is 1.59. The van der Waals surface area contributed by atoms with Crippen LogP contribution in [0.4, 0.5) is 0 Å². The highest BCUT2D eigenvalue weighted by Crippen LogP contribution is 2.24. The fourth-order valence-corrected chi connectivity index (χ4v) is 3.28. The highest BCUT2D eigenvalue weighted by molar-refractivity contribution is 6.01. The number of fused-ring (bicyclic) bond motifs is 1. The van der Waals surface area contributed by atoms with E-state index in [0.29, 0.717) is 6.54 Å². The van der Waals surface area contributed by atoms with Gasteiger partial charge in [-0.2, -0.15) is 0 Å². The first-order valence-electron chi connectivity index (χ1n) is 8.57. The van der Waals surface area contributed by atoms with Gasteiger partial charge in [-0.05, 0) is 49.1 Å². The molecule has 1 N–H and O–H groups in total. The van der Waals surface area contributed by atoms with Crippen LogP contribution in [0.2, 0.25) is 0 Å². The third kappa shape index (κ3) is 3.53. The van der Waals surface area contributed by atoms with E-state index in [2.05, 4.69) is 23.5 Å². The smallest absolute Gasteiger partial charge is 0.268 e. The number of aromatic nitrogens is 1. The van der Waals surface area contributed by atoms with Crippen LogP contribution in [0.15, 0.2) is 48.5 Å².